The number of amides is 1. The minimum absolute atomic E-state index is 0.0697. The normalized spacial score (nSPS) is 12.6. The zero-order chi connectivity index (χ0) is 14.4. The number of benzene rings is 1. The zero-order valence-corrected chi connectivity index (χ0v) is 12.6. The third-order valence-corrected chi connectivity index (χ3v) is 3.29. The predicted molar refractivity (Wildman–Crippen MR) is 78.5 cm³/mol. The van der Waals surface area contributed by atoms with Gasteiger partial charge in [0.05, 0.1) is 0 Å². The highest BCUT2D eigenvalue weighted by molar-refractivity contribution is 5.77. The Kier molecular flexibility index (Phi) is 5.87. The van der Waals surface area contributed by atoms with E-state index in [0.29, 0.717) is 11.8 Å². The quantitative estimate of drug-likeness (QED) is 0.854. The molecule has 0 heterocycles. The number of para-hydroxylation sites is 1. The molecule has 0 aliphatic carbocycles. The Balaban J connectivity index is 2.55. The molecule has 0 aliphatic rings. The summed E-state index contributed by atoms with van der Waals surface area (Å²) >= 11 is 0. The number of carbonyl (C=O) groups is 1. The van der Waals surface area contributed by atoms with Crippen molar-refractivity contribution in [2.24, 2.45) is 5.92 Å². The Morgan fingerprint density at radius 2 is 1.79 bits per heavy atom. The van der Waals surface area contributed by atoms with Crippen LogP contribution in [0.1, 0.15) is 46.1 Å². The fourth-order valence-electron chi connectivity index (χ4n) is 1.69. The second-order valence-corrected chi connectivity index (χ2v) is 5.58. The van der Waals surface area contributed by atoms with E-state index in [1.54, 1.807) is 0 Å². The summed E-state index contributed by atoms with van der Waals surface area (Å²) < 4.78 is 5.63. The molecule has 1 N–H and O–H groups in total. The maximum atomic E-state index is 11.8. The van der Waals surface area contributed by atoms with Crippen molar-refractivity contribution in [3.8, 4) is 5.75 Å². The van der Waals surface area contributed by atoms with Crippen molar-refractivity contribution in [1.82, 2.24) is 5.32 Å². The Bertz CT molecular complexity index is 413. The van der Waals surface area contributed by atoms with Crippen molar-refractivity contribution < 1.29 is 9.53 Å². The first kappa shape index (κ1) is 15.5. The summed E-state index contributed by atoms with van der Waals surface area (Å²) in [6, 6.07) is 8.03. The first-order valence-electron chi connectivity index (χ1n) is 6.93. The van der Waals surface area contributed by atoms with E-state index in [9.17, 15) is 4.79 Å². The van der Waals surface area contributed by atoms with Gasteiger partial charge in [-0.25, -0.2) is 0 Å². The smallest absolute Gasteiger partial charge is 0.258 e. The third-order valence-electron chi connectivity index (χ3n) is 3.29. The molecule has 3 nitrogen and oxygen atoms in total. The number of hydrogen-bond acceptors (Lipinski definition) is 2. The molecule has 0 bridgehead atoms. The van der Waals surface area contributed by atoms with Gasteiger partial charge in [-0.1, -0.05) is 45.9 Å². The van der Waals surface area contributed by atoms with Gasteiger partial charge in [0.25, 0.3) is 5.91 Å². The first-order chi connectivity index (χ1) is 8.91. The van der Waals surface area contributed by atoms with Crippen LogP contribution in [0.15, 0.2) is 24.3 Å². The lowest BCUT2D eigenvalue weighted by Gasteiger charge is -2.18. The lowest BCUT2D eigenvalue weighted by Crippen LogP contribution is -2.39. The largest absolute Gasteiger partial charge is 0.483 e. The molecule has 1 rings (SSSR count). The Morgan fingerprint density at radius 3 is 2.37 bits per heavy atom. The highest BCUT2D eigenvalue weighted by Gasteiger charge is 2.12. The van der Waals surface area contributed by atoms with Crippen LogP contribution < -0.4 is 10.1 Å². The van der Waals surface area contributed by atoms with Crippen molar-refractivity contribution in [2.45, 2.75) is 46.6 Å². The summed E-state index contributed by atoms with van der Waals surface area (Å²) in [6.45, 7) is 10.5. The lowest BCUT2D eigenvalue weighted by atomic mass is 10.0. The topological polar surface area (TPSA) is 38.3 Å². The first-order valence-corrected chi connectivity index (χ1v) is 6.93. The van der Waals surface area contributed by atoms with Crippen LogP contribution in [0.5, 0.6) is 5.75 Å². The molecular formula is C16H25NO2. The van der Waals surface area contributed by atoms with Gasteiger partial charge in [0.2, 0.25) is 0 Å². The van der Waals surface area contributed by atoms with Gasteiger partial charge in [0.15, 0.2) is 6.61 Å². The van der Waals surface area contributed by atoms with E-state index in [1.807, 2.05) is 31.2 Å². The minimum Gasteiger partial charge on any atom is -0.483 e. The monoisotopic (exact) mass is 263 g/mol. The maximum Gasteiger partial charge on any atom is 0.258 e. The molecule has 0 fully saturated rings. The Hall–Kier alpha value is -1.51. The van der Waals surface area contributed by atoms with Gasteiger partial charge >= 0.3 is 0 Å². The number of carbonyl (C=O) groups excluding carboxylic acids is 1. The van der Waals surface area contributed by atoms with Crippen LogP contribution in [-0.4, -0.2) is 18.6 Å². The summed E-state index contributed by atoms with van der Waals surface area (Å²) in [5.41, 5.74) is 1.13. The van der Waals surface area contributed by atoms with E-state index in [2.05, 4.69) is 33.0 Å². The lowest BCUT2D eigenvalue weighted by molar-refractivity contribution is -0.124. The minimum atomic E-state index is -0.0697. The van der Waals surface area contributed by atoms with Crippen LogP contribution in [0, 0.1) is 5.92 Å². The van der Waals surface area contributed by atoms with E-state index >= 15 is 0 Å². The van der Waals surface area contributed by atoms with Crippen LogP contribution in [-0.2, 0) is 4.79 Å². The molecule has 3 heteroatoms. The number of ether oxygens (including phenoxy) is 1. The third kappa shape index (κ3) is 4.93. The van der Waals surface area contributed by atoms with Gasteiger partial charge in [0, 0.05) is 6.04 Å². The van der Waals surface area contributed by atoms with Crippen LogP contribution in [0.25, 0.3) is 0 Å². The van der Waals surface area contributed by atoms with Crippen molar-refractivity contribution in [3.63, 3.8) is 0 Å². The fourth-order valence-corrected chi connectivity index (χ4v) is 1.69. The molecule has 0 unspecified atom stereocenters. The highest BCUT2D eigenvalue weighted by atomic mass is 16.5. The SMILES string of the molecule is CC(C)c1ccccc1OCC(=O)N[C@@H](C)C(C)C. The van der Waals surface area contributed by atoms with Gasteiger partial charge in [-0.05, 0) is 30.4 Å². The molecule has 1 aromatic rings. The zero-order valence-electron chi connectivity index (χ0n) is 12.6. The molecule has 0 radical (unpaired) electrons. The van der Waals surface area contributed by atoms with Crippen LogP contribution in [0.3, 0.4) is 0 Å². The molecule has 0 saturated heterocycles. The number of nitrogens with one attached hydrogen (secondary N) is 1. The summed E-state index contributed by atoms with van der Waals surface area (Å²) in [4.78, 5) is 11.8. The number of hydrogen-bond donors (Lipinski definition) is 1. The summed E-state index contributed by atoms with van der Waals surface area (Å²) in [5, 5.41) is 2.93. The highest BCUT2D eigenvalue weighted by Crippen LogP contribution is 2.25. The number of rotatable bonds is 6. The van der Waals surface area contributed by atoms with E-state index in [0.717, 1.165) is 11.3 Å². The van der Waals surface area contributed by atoms with Crippen LogP contribution in [0.4, 0.5) is 0 Å². The molecular weight excluding hydrogens is 238 g/mol. The van der Waals surface area contributed by atoms with Gasteiger partial charge in [-0.2, -0.15) is 0 Å². The molecule has 1 atom stereocenters. The van der Waals surface area contributed by atoms with Gasteiger partial charge in [-0.15, -0.1) is 0 Å². The Morgan fingerprint density at radius 1 is 1.16 bits per heavy atom. The van der Waals surface area contributed by atoms with Crippen molar-refractivity contribution in [3.05, 3.63) is 29.8 Å². The standard InChI is InChI=1S/C16H25NO2/c1-11(2)13(5)17-16(18)10-19-15-9-7-6-8-14(15)12(3)4/h6-9,11-13H,10H2,1-5H3,(H,17,18)/t13-/m0/s1. The van der Waals surface area contributed by atoms with E-state index in [1.165, 1.54) is 0 Å². The fraction of sp³-hybridized carbons (Fsp3) is 0.562. The molecule has 0 spiro atoms. The van der Waals surface area contributed by atoms with E-state index in [4.69, 9.17) is 4.74 Å². The van der Waals surface area contributed by atoms with Gasteiger partial charge < -0.3 is 10.1 Å². The van der Waals surface area contributed by atoms with Crippen LogP contribution >= 0.6 is 0 Å². The van der Waals surface area contributed by atoms with E-state index < -0.39 is 0 Å². The van der Waals surface area contributed by atoms with Crippen molar-refractivity contribution >= 4 is 5.91 Å². The molecule has 0 aromatic heterocycles. The summed E-state index contributed by atoms with van der Waals surface area (Å²) in [6.07, 6.45) is 0. The predicted octanol–water partition coefficient (Wildman–Crippen LogP) is 3.35. The summed E-state index contributed by atoms with van der Waals surface area (Å²) in [7, 11) is 0. The average molecular weight is 263 g/mol. The molecule has 106 valence electrons. The second kappa shape index (κ2) is 7.17. The van der Waals surface area contributed by atoms with Gasteiger partial charge in [-0.3, -0.25) is 4.79 Å². The summed E-state index contributed by atoms with van der Waals surface area (Å²) in [5.74, 6) is 1.53. The molecule has 1 amide bonds. The molecule has 19 heavy (non-hydrogen) atoms. The Labute approximate surface area is 116 Å². The maximum absolute atomic E-state index is 11.8. The van der Waals surface area contributed by atoms with E-state index in [-0.39, 0.29) is 18.6 Å². The van der Waals surface area contributed by atoms with Crippen LogP contribution in [0.2, 0.25) is 0 Å². The molecule has 1 aromatic carbocycles. The average Bonchev–Trinajstić information content (AvgIpc) is 2.36. The van der Waals surface area contributed by atoms with Gasteiger partial charge in [0.1, 0.15) is 5.75 Å². The second-order valence-electron chi connectivity index (χ2n) is 5.58. The van der Waals surface area contributed by atoms with Crippen molar-refractivity contribution in [2.75, 3.05) is 6.61 Å². The molecule has 0 aliphatic heterocycles. The van der Waals surface area contributed by atoms with Crippen molar-refractivity contribution in [1.29, 1.82) is 0 Å². The molecule has 0 saturated carbocycles.